The third-order valence-electron chi connectivity index (χ3n) is 4.67. The normalized spacial score (nSPS) is 15.8. The number of alkyl halides is 3. The Morgan fingerprint density at radius 2 is 1.78 bits per heavy atom. The van der Waals surface area contributed by atoms with Crippen LogP contribution < -0.4 is 4.74 Å². The van der Waals surface area contributed by atoms with Crippen LogP contribution in [0.2, 0.25) is 0 Å². The minimum Gasteiger partial charge on any atom is -0.406 e. The van der Waals surface area contributed by atoms with E-state index in [1.165, 1.54) is 55.9 Å². The monoisotopic (exact) mass is 377 g/mol. The number of rotatable bonds is 6. The van der Waals surface area contributed by atoms with Gasteiger partial charge in [-0.15, -0.1) is 13.2 Å². The van der Waals surface area contributed by atoms with Gasteiger partial charge in [-0.3, -0.25) is 0 Å². The average Bonchev–Trinajstić information content (AvgIpc) is 2.65. The molecule has 1 aliphatic rings. The van der Waals surface area contributed by atoms with Gasteiger partial charge in [0, 0.05) is 0 Å². The summed E-state index contributed by atoms with van der Waals surface area (Å²) in [6.07, 6.45) is 3.16. The molecule has 0 heterocycles. The van der Waals surface area contributed by atoms with Crippen LogP contribution in [-0.4, -0.2) is 12.6 Å². The van der Waals surface area contributed by atoms with E-state index < -0.39 is 6.36 Å². The molecule has 1 saturated carbocycles. The first-order valence-corrected chi connectivity index (χ1v) is 9.10. The zero-order valence-electron chi connectivity index (χ0n) is 14.9. The maximum absolute atomic E-state index is 12.3. The first kappa shape index (κ1) is 19.3. The van der Waals surface area contributed by atoms with Crippen molar-refractivity contribution in [3.05, 3.63) is 65.2 Å². The van der Waals surface area contributed by atoms with Crippen LogP contribution in [0.15, 0.2) is 53.7 Å². The second-order valence-corrected chi connectivity index (χ2v) is 6.67. The molecule has 2 aromatic carbocycles. The van der Waals surface area contributed by atoms with Crippen LogP contribution in [-0.2, 0) is 11.4 Å². The van der Waals surface area contributed by atoms with E-state index in [1.54, 1.807) is 12.3 Å². The number of ether oxygens (including phenoxy) is 1. The Labute approximate surface area is 156 Å². The summed E-state index contributed by atoms with van der Waals surface area (Å²) in [6.45, 7) is 0.0666. The van der Waals surface area contributed by atoms with Gasteiger partial charge in [-0.2, -0.15) is 0 Å². The predicted octanol–water partition coefficient (Wildman–Crippen LogP) is 6.18. The molecule has 0 N–H and O–H groups in total. The summed E-state index contributed by atoms with van der Waals surface area (Å²) < 4.78 is 40.8. The fraction of sp³-hybridized carbons (Fsp3) is 0.381. The fourth-order valence-corrected chi connectivity index (χ4v) is 3.45. The molecule has 2 aromatic rings. The Balaban J connectivity index is 1.59. The third kappa shape index (κ3) is 6.01. The van der Waals surface area contributed by atoms with Crippen molar-refractivity contribution in [1.29, 1.82) is 0 Å². The van der Waals surface area contributed by atoms with Gasteiger partial charge in [-0.25, -0.2) is 0 Å². The molecule has 0 bridgehead atoms. The molecular formula is C21H22F3NO2. The maximum atomic E-state index is 12.3. The standard InChI is InChI=1S/C21H22F3NO2/c22-21(23,24)27-19-11-6-7-16(13-19)15-26-25-14-18-10-4-5-12-20(18)17-8-2-1-3-9-17/h4-7,10-14,17H,1-3,8-9,15H2. The second kappa shape index (κ2) is 8.93. The van der Waals surface area contributed by atoms with Crippen molar-refractivity contribution < 1.29 is 22.7 Å². The summed E-state index contributed by atoms with van der Waals surface area (Å²) in [5.41, 5.74) is 2.86. The molecule has 0 aromatic heterocycles. The maximum Gasteiger partial charge on any atom is 0.573 e. The summed E-state index contributed by atoms with van der Waals surface area (Å²) in [6, 6.07) is 13.8. The molecular weight excluding hydrogens is 355 g/mol. The topological polar surface area (TPSA) is 30.8 Å². The van der Waals surface area contributed by atoms with E-state index in [0.717, 1.165) is 5.56 Å². The smallest absolute Gasteiger partial charge is 0.406 e. The first-order valence-electron chi connectivity index (χ1n) is 9.10. The van der Waals surface area contributed by atoms with Crippen LogP contribution >= 0.6 is 0 Å². The molecule has 1 aliphatic carbocycles. The van der Waals surface area contributed by atoms with Gasteiger partial charge in [0.15, 0.2) is 0 Å². The lowest BCUT2D eigenvalue weighted by atomic mass is 9.82. The molecule has 3 rings (SSSR count). The highest BCUT2D eigenvalue weighted by atomic mass is 19.4. The van der Waals surface area contributed by atoms with Gasteiger partial charge < -0.3 is 9.57 Å². The number of oxime groups is 1. The number of benzene rings is 2. The third-order valence-corrected chi connectivity index (χ3v) is 4.67. The first-order chi connectivity index (χ1) is 13.0. The van der Waals surface area contributed by atoms with Crippen molar-refractivity contribution in [2.45, 2.75) is 51.0 Å². The molecule has 0 spiro atoms. The van der Waals surface area contributed by atoms with E-state index in [-0.39, 0.29) is 12.4 Å². The van der Waals surface area contributed by atoms with Gasteiger partial charge in [0.05, 0.1) is 6.21 Å². The minimum absolute atomic E-state index is 0.0666. The zero-order chi connectivity index (χ0) is 19.1. The van der Waals surface area contributed by atoms with Gasteiger partial charge in [0.2, 0.25) is 0 Å². The van der Waals surface area contributed by atoms with E-state index in [2.05, 4.69) is 16.0 Å². The Hall–Kier alpha value is -2.50. The molecule has 0 radical (unpaired) electrons. The van der Waals surface area contributed by atoms with Crippen LogP contribution in [0.1, 0.15) is 54.7 Å². The Kier molecular flexibility index (Phi) is 6.37. The molecule has 3 nitrogen and oxygen atoms in total. The lowest BCUT2D eigenvalue weighted by Crippen LogP contribution is -2.17. The predicted molar refractivity (Wildman–Crippen MR) is 97.8 cm³/mol. The van der Waals surface area contributed by atoms with Crippen molar-refractivity contribution in [2.24, 2.45) is 5.16 Å². The van der Waals surface area contributed by atoms with Crippen molar-refractivity contribution in [3.63, 3.8) is 0 Å². The highest BCUT2D eigenvalue weighted by molar-refractivity contribution is 5.81. The summed E-state index contributed by atoms with van der Waals surface area (Å²) in [4.78, 5) is 5.28. The molecule has 27 heavy (non-hydrogen) atoms. The van der Waals surface area contributed by atoms with E-state index in [0.29, 0.717) is 11.5 Å². The van der Waals surface area contributed by atoms with E-state index in [9.17, 15) is 13.2 Å². The quantitative estimate of drug-likeness (QED) is 0.444. The summed E-state index contributed by atoms with van der Waals surface area (Å²) >= 11 is 0. The number of hydrogen-bond acceptors (Lipinski definition) is 3. The van der Waals surface area contributed by atoms with Crippen LogP contribution in [0.3, 0.4) is 0 Å². The van der Waals surface area contributed by atoms with Crippen molar-refractivity contribution >= 4 is 6.21 Å². The Morgan fingerprint density at radius 3 is 2.56 bits per heavy atom. The van der Waals surface area contributed by atoms with Crippen LogP contribution in [0.25, 0.3) is 0 Å². The fourth-order valence-electron chi connectivity index (χ4n) is 3.45. The van der Waals surface area contributed by atoms with Gasteiger partial charge in [0.25, 0.3) is 0 Å². The molecule has 0 saturated heterocycles. The van der Waals surface area contributed by atoms with Gasteiger partial charge in [-0.1, -0.05) is 60.8 Å². The number of halogens is 3. The molecule has 1 fully saturated rings. The molecule has 6 heteroatoms. The number of hydrogen-bond donors (Lipinski definition) is 0. The van der Waals surface area contributed by atoms with Crippen molar-refractivity contribution in [2.75, 3.05) is 0 Å². The minimum atomic E-state index is -4.71. The lowest BCUT2D eigenvalue weighted by Gasteiger charge is -2.23. The summed E-state index contributed by atoms with van der Waals surface area (Å²) in [7, 11) is 0. The molecule has 0 atom stereocenters. The summed E-state index contributed by atoms with van der Waals surface area (Å²) in [5.74, 6) is 0.285. The van der Waals surface area contributed by atoms with Gasteiger partial charge in [0.1, 0.15) is 12.4 Å². The Morgan fingerprint density at radius 1 is 1.00 bits per heavy atom. The molecule has 0 amide bonds. The van der Waals surface area contributed by atoms with Crippen molar-refractivity contribution in [3.8, 4) is 5.75 Å². The van der Waals surface area contributed by atoms with Gasteiger partial charge >= 0.3 is 6.36 Å². The lowest BCUT2D eigenvalue weighted by molar-refractivity contribution is -0.274. The summed E-state index contributed by atoms with van der Waals surface area (Å²) in [5, 5.41) is 4.01. The van der Waals surface area contributed by atoms with E-state index in [1.807, 2.05) is 18.2 Å². The molecule has 0 aliphatic heterocycles. The van der Waals surface area contributed by atoms with Crippen molar-refractivity contribution in [1.82, 2.24) is 0 Å². The van der Waals surface area contributed by atoms with Gasteiger partial charge in [-0.05, 0) is 47.6 Å². The van der Waals surface area contributed by atoms with Crippen LogP contribution in [0.4, 0.5) is 13.2 Å². The largest absolute Gasteiger partial charge is 0.573 e. The Bertz CT molecular complexity index is 768. The SMILES string of the molecule is FC(F)(F)Oc1cccc(CON=Cc2ccccc2C2CCCCC2)c1. The second-order valence-electron chi connectivity index (χ2n) is 6.67. The van der Waals surface area contributed by atoms with Crippen LogP contribution in [0, 0.1) is 0 Å². The zero-order valence-corrected chi connectivity index (χ0v) is 14.9. The average molecular weight is 377 g/mol. The number of nitrogens with zero attached hydrogens (tertiary/aromatic N) is 1. The van der Waals surface area contributed by atoms with Crippen LogP contribution in [0.5, 0.6) is 5.75 Å². The molecule has 144 valence electrons. The van der Waals surface area contributed by atoms with E-state index in [4.69, 9.17) is 4.84 Å². The highest BCUT2D eigenvalue weighted by Crippen LogP contribution is 2.33. The highest BCUT2D eigenvalue weighted by Gasteiger charge is 2.31. The van der Waals surface area contributed by atoms with E-state index >= 15 is 0 Å². The molecule has 0 unspecified atom stereocenters.